The summed E-state index contributed by atoms with van der Waals surface area (Å²) >= 11 is 6.53. The first kappa shape index (κ1) is 8.71. The predicted octanol–water partition coefficient (Wildman–Crippen LogP) is 2.18. The summed E-state index contributed by atoms with van der Waals surface area (Å²) in [6.07, 6.45) is 1.67. The van der Waals surface area contributed by atoms with E-state index in [0.29, 0.717) is 10.9 Å². The second-order valence-corrected chi connectivity index (χ2v) is 3.94. The van der Waals surface area contributed by atoms with E-state index in [1.807, 2.05) is 0 Å². The molecule has 0 bridgehead atoms. The first-order chi connectivity index (χ1) is 6.31. The Hall–Kier alpha value is -0.880. The number of hydrogen-bond acceptors (Lipinski definition) is 4. The van der Waals surface area contributed by atoms with Crippen molar-refractivity contribution in [1.29, 1.82) is 0 Å². The third kappa shape index (κ3) is 1.59. The van der Waals surface area contributed by atoms with E-state index in [9.17, 15) is 0 Å². The molecule has 0 unspecified atom stereocenters. The molecule has 0 amide bonds. The third-order valence-corrected chi connectivity index (χ3v) is 2.55. The minimum atomic E-state index is 0.337. The Morgan fingerprint density at radius 3 is 3.08 bits per heavy atom. The van der Waals surface area contributed by atoms with Gasteiger partial charge in [0.2, 0.25) is 5.11 Å². The summed E-state index contributed by atoms with van der Waals surface area (Å²) < 4.78 is 0. The normalized spacial score (nSPS) is 19.5. The van der Waals surface area contributed by atoms with Crippen LogP contribution in [0, 0.1) is 0 Å². The lowest BCUT2D eigenvalue weighted by atomic mass is 10.3. The zero-order chi connectivity index (χ0) is 9.26. The summed E-state index contributed by atoms with van der Waals surface area (Å²) in [4.78, 5) is 8.15. The van der Waals surface area contributed by atoms with Crippen LogP contribution in [-0.2, 0) is 0 Å². The Bertz CT molecular complexity index is 378. The molecule has 0 N–H and O–H groups in total. The molecule has 4 nitrogen and oxygen atoms in total. The molecule has 0 saturated carbocycles. The van der Waals surface area contributed by atoms with Crippen molar-refractivity contribution in [2.45, 2.75) is 6.92 Å². The highest BCUT2D eigenvalue weighted by Crippen LogP contribution is 2.22. The molecular weight excluding hydrogens is 204 g/mol. The van der Waals surface area contributed by atoms with Gasteiger partial charge in [0.15, 0.2) is 5.84 Å². The van der Waals surface area contributed by atoms with Crippen molar-refractivity contribution in [3.63, 3.8) is 0 Å². The van der Waals surface area contributed by atoms with E-state index in [1.165, 1.54) is 0 Å². The van der Waals surface area contributed by atoms with Crippen molar-refractivity contribution in [1.82, 2.24) is 0 Å². The summed E-state index contributed by atoms with van der Waals surface area (Å²) in [6.45, 7) is 2.06. The largest absolute Gasteiger partial charge is 0.222 e. The molecule has 2 rings (SSSR count). The van der Waals surface area contributed by atoms with Crippen LogP contribution in [0.15, 0.2) is 32.0 Å². The lowest BCUT2D eigenvalue weighted by Crippen LogP contribution is -2.14. The summed E-state index contributed by atoms with van der Waals surface area (Å²) in [5.41, 5.74) is 0.889. The molecular formula is C7H6N4S2. The topological polar surface area (TPSA) is 49.4 Å². The zero-order valence-electron chi connectivity index (χ0n) is 6.89. The molecule has 13 heavy (non-hydrogen) atoms. The van der Waals surface area contributed by atoms with Crippen LogP contribution in [0.25, 0.3) is 0 Å². The second kappa shape index (κ2) is 3.47. The van der Waals surface area contributed by atoms with Crippen LogP contribution in [0.2, 0.25) is 0 Å². The van der Waals surface area contributed by atoms with Crippen LogP contribution in [0.3, 0.4) is 0 Å². The number of thioether (sulfide) groups is 1. The van der Waals surface area contributed by atoms with Crippen LogP contribution in [0.1, 0.15) is 6.92 Å². The maximum Gasteiger partial charge on any atom is 0.222 e. The van der Waals surface area contributed by atoms with Gasteiger partial charge in [0.1, 0.15) is 5.04 Å². The van der Waals surface area contributed by atoms with E-state index in [0.717, 1.165) is 16.4 Å². The highest BCUT2D eigenvalue weighted by Gasteiger charge is 2.22. The van der Waals surface area contributed by atoms with Gasteiger partial charge in [-0.2, -0.15) is 10.1 Å². The molecule has 0 radical (unpaired) electrons. The quantitative estimate of drug-likeness (QED) is 0.623. The molecule has 6 heteroatoms. The number of fused-ring (bicyclic) bond motifs is 1. The number of azo groups is 1. The lowest BCUT2D eigenvalue weighted by molar-refractivity contribution is 1.32. The molecule has 0 aromatic carbocycles. The Labute approximate surface area is 84.9 Å². The number of hydrogen-bond donors (Lipinski definition) is 0. The van der Waals surface area contributed by atoms with Gasteiger partial charge in [-0.25, -0.2) is 4.99 Å². The van der Waals surface area contributed by atoms with E-state index in [-0.39, 0.29) is 0 Å². The lowest BCUT2D eigenvalue weighted by Gasteiger charge is -2.08. The van der Waals surface area contributed by atoms with Gasteiger partial charge in [-0.05, 0) is 18.0 Å². The Morgan fingerprint density at radius 1 is 1.46 bits per heavy atom. The molecule has 2 aliphatic heterocycles. The summed E-state index contributed by atoms with van der Waals surface area (Å²) in [7, 11) is 0. The summed E-state index contributed by atoms with van der Waals surface area (Å²) in [5.74, 6) is 1.54. The van der Waals surface area contributed by atoms with Gasteiger partial charge in [-0.3, -0.25) is 0 Å². The van der Waals surface area contributed by atoms with E-state index in [2.05, 4.69) is 27.1 Å². The number of nitrogens with zero attached hydrogens (tertiary/aromatic N) is 4. The molecule has 0 fully saturated rings. The minimum absolute atomic E-state index is 0.337. The van der Waals surface area contributed by atoms with Gasteiger partial charge in [-0.1, -0.05) is 6.92 Å². The SMILES string of the molecule is CCSC1=NC(=S)N=C2N=NC=C21. The van der Waals surface area contributed by atoms with E-state index in [4.69, 9.17) is 12.2 Å². The average Bonchev–Trinajstić information content (AvgIpc) is 2.52. The van der Waals surface area contributed by atoms with Crippen molar-refractivity contribution in [2.75, 3.05) is 5.75 Å². The molecule has 0 aromatic rings. The minimum Gasteiger partial charge on any atom is -0.211 e. The molecule has 0 aliphatic carbocycles. The Balaban J connectivity index is 2.34. The third-order valence-electron chi connectivity index (χ3n) is 1.49. The van der Waals surface area contributed by atoms with Gasteiger partial charge in [0.25, 0.3) is 0 Å². The first-order valence-electron chi connectivity index (χ1n) is 3.77. The van der Waals surface area contributed by atoms with Crippen molar-refractivity contribution < 1.29 is 0 Å². The first-order valence-corrected chi connectivity index (χ1v) is 5.16. The van der Waals surface area contributed by atoms with Gasteiger partial charge in [-0.15, -0.1) is 16.9 Å². The van der Waals surface area contributed by atoms with Crippen LogP contribution in [-0.4, -0.2) is 21.7 Å². The predicted molar refractivity (Wildman–Crippen MR) is 58.5 cm³/mol. The Morgan fingerprint density at radius 2 is 2.31 bits per heavy atom. The zero-order valence-corrected chi connectivity index (χ0v) is 8.52. The molecule has 0 spiro atoms. The molecule has 0 atom stereocenters. The maximum absolute atomic E-state index is 4.90. The molecule has 2 aliphatic rings. The molecule has 66 valence electrons. The standard InChI is InChI=1S/C7H6N4S2/c1-2-13-6-4-3-8-11-5(4)9-7(12)10-6/h3H,2H2,1H3. The van der Waals surface area contributed by atoms with Gasteiger partial charge in [0.05, 0.1) is 11.8 Å². The summed E-state index contributed by atoms with van der Waals surface area (Å²) in [5, 5.41) is 8.83. The van der Waals surface area contributed by atoms with E-state index < -0.39 is 0 Å². The van der Waals surface area contributed by atoms with Crippen molar-refractivity contribution in [3.8, 4) is 0 Å². The molecule has 2 heterocycles. The number of thiocarbonyl (C=S) groups is 1. The second-order valence-electron chi connectivity index (χ2n) is 2.33. The van der Waals surface area contributed by atoms with Gasteiger partial charge < -0.3 is 0 Å². The Kier molecular flexibility index (Phi) is 2.32. The average molecular weight is 210 g/mol. The number of amidine groups is 1. The fraction of sp³-hybridized carbons (Fsp3) is 0.286. The van der Waals surface area contributed by atoms with Crippen molar-refractivity contribution >= 4 is 40.0 Å². The van der Waals surface area contributed by atoms with Crippen LogP contribution < -0.4 is 0 Å². The van der Waals surface area contributed by atoms with E-state index >= 15 is 0 Å². The van der Waals surface area contributed by atoms with Gasteiger partial charge in [0, 0.05) is 0 Å². The monoisotopic (exact) mass is 210 g/mol. The van der Waals surface area contributed by atoms with Crippen LogP contribution in [0.5, 0.6) is 0 Å². The van der Waals surface area contributed by atoms with E-state index in [1.54, 1.807) is 18.0 Å². The number of aliphatic imine (C=N–C) groups is 2. The molecule has 0 aromatic heterocycles. The van der Waals surface area contributed by atoms with Crippen LogP contribution >= 0.6 is 24.0 Å². The van der Waals surface area contributed by atoms with Gasteiger partial charge >= 0.3 is 0 Å². The maximum atomic E-state index is 4.90. The fourth-order valence-electron chi connectivity index (χ4n) is 0.996. The fourth-order valence-corrected chi connectivity index (χ4v) is 1.96. The highest BCUT2D eigenvalue weighted by atomic mass is 32.2. The highest BCUT2D eigenvalue weighted by molar-refractivity contribution is 8.14. The van der Waals surface area contributed by atoms with Crippen molar-refractivity contribution in [3.05, 3.63) is 11.8 Å². The summed E-state index contributed by atoms with van der Waals surface area (Å²) in [6, 6.07) is 0. The van der Waals surface area contributed by atoms with Crippen LogP contribution in [0.4, 0.5) is 0 Å². The number of rotatable bonds is 1. The van der Waals surface area contributed by atoms with Crippen molar-refractivity contribution in [2.24, 2.45) is 20.2 Å². The smallest absolute Gasteiger partial charge is 0.211 e. The molecule has 0 saturated heterocycles.